The number of rotatable bonds is 9. The Labute approximate surface area is 179 Å². The molecule has 160 valence electrons. The van der Waals surface area contributed by atoms with Crippen molar-refractivity contribution in [2.24, 2.45) is 0 Å². The summed E-state index contributed by atoms with van der Waals surface area (Å²) < 4.78 is 29.2. The lowest BCUT2D eigenvalue weighted by Crippen LogP contribution is -2.32. The molecular formula is C24H22F2N2O3. The Morgan fingerprint density at radius 3 is 2.23 bits per heavy atom. The molecule has 5 nitrogen and oxygen atoms in total. The van der Waals surface area contributed by atoms with Gasteiger partial charge >= 0.3 is 6.61 Å². The van der Waals surface area contributed by atoms with Gasteiger partial charge in [0.05, 0.1) is 12.6 Å². The molecule has 0 heterocycles. The van der Waals surface area contributed by atoms with E-state index in [0.29, 0.717) is 11.3 Å². The van der Waals surface area contributed by atoms with Crippen molar-refractivity contribution in [3.8, 4) is 5.75 Å². The molecule has 0 aromatic heterocycles. The van der Waals surface area contributed by atoms with Gasteiger partial charge in [-0.05, 0) is 42.3 Å². The summed E-state index contributed by atoms with van der Waals surface area (Å²) in [4.78, 5) is 24.0. The molecule has 3 aromatic rings. The third kappa shape index (κ3) is 6.45. The SMILES string of the molecule is CC(=O)c1cccc(NC(=O)CN[C@H](c2ccccc2)c2ccc(OC(F)F)cc2)c1. The zero-order valence-electron chi connectivity index (χ0n) is 16.8. The molecule has 31 heavy (non-hydrogen) atoms. The molecule has 0 radical (unpaired) electrons. The third-order valence-electron chi connectivity index (χ3n) is 4.59. The second-order valence-electron chi connectivity index (χ2n) is 6.86. The first-order chi connectivity index (χ1) is 14.9. The minimum atomic E-state index is -2.89. The topological polar surface area (TPSA) is 67.4 Å². The monoisotopic (exact) mass is 424 g/mol. The number of carbonyl (C=O) groups excluding carboxylic acids is 2. The van der Waals surface area contributed by atoms with Gasteiger partial charge in [-0.1, -0.05) is 54.6 Å². The molecule has 1 atom stereocenters. The summed E-state index contributed by atoms with van der Waals surface area (Å²) in [5.74, 6) is -0.300. The van der Waals surface area contributed by atoms with Crippen molar-refractivity contribution in [2.75, 3.05) is 11.9 Å². The molecule has 0 aliphatic carbocycles. The number of alkyl halides is 2. The molecule has 0 saturated heterocycles. The van der Waals surface area contributed by atoms with Gasteiger partial charge in [0.25, 0.3) is 0 Å². The van der Waals surface area contributed by atoms with Gasteiger partial charge in [-0.25, -0.2) is 0 Å². The summed E-state index contributed by atoms with van der Waals surface area (Å²) in [6.45, 7) is -1.43. The molecule has 0 aliphatic heterocycles. The molecule has 3 rings (SSSR count). The molecular weight excluding hydrogens is 402 g/mol. The van der Waals surface area contributed by atoms with Crippen molar-refractivity contribution >= 4 is 17.4 Å². The predicted molar refractivity (Wildman–Crippen MR) is 114 cm³/mol. The highest BCUT2D eigenvalue weighted by molar-refractivity contribution is 5.97. The van der Waals surface area contributed by atoms with Crippen LogP contribution in [-0.4, -0.2) is 24.8 Å². The zero-order valence-corrected chi connectivity index (χ0v) is 16.8. The summed E-state index contributed by atoms with van der Waals surface area (Å²) in [5, 5.41) is 5.97. The summed E-state index contributed by atoms with van der Waals surface area (Å²) in [6.07, 6.45) is 0. The van der Waals surface area contributed by atoms with E-state index in [2.05, 4.69) is 15.4 Å². The fraction of sp³-hybridized carbons (Fsp3) is 0.167. The van der Waals surface area contributed by atoms with E-state index in [-0.39, 0.29) is 30.0 Å². The van der Waals surface area contributed by atoms with Crippen LogP contribution in [0.15, 0.2) is 78.9 Å². The van der Waals surface area contributed by atoms with E-state index in [9.17, 15) is 18.4 Å². The molecule has 0 bridgehead atoms. The quantitative estimate of drug-likeness (QED) is 0.484. The van der Waals surface area contributed by atoms with Gasteiger partial charge in [0.2, 0.25) is 5.91 Å². The summed E-state index contributed by atoms with van der Waals surface area (Å²) in [5.41, 5.74) is 2.75. The summed E-state index contributed by atoms with van der Waals surface area (Å²) >= 11 is 0. The summed E-state index contributed by atoms with van der Waals surface area (Å²) in [7, 11) is 0. The summed E-state index contributed by atoms with van der Waals surface area (Å²) in [6, 6.07) is 22.1. The van der Waals surface area contributed by atoms with Crippen LogP contribution < -0.4 is 15.4 Å². The lowest BCUT2D eigenvalue weighted by molar-refractivity contribution is -0.115. The Morgan fingerprint density at radius 1 is 0.903 bits per heavy atom. The minimum absolute atomic E-state index is 0.000848. The van der Waals surface area contributed by atoms with Crippen LogP contribution in [0.2, 0.25) is 0 Å². The Balaban J connectivity index is 1.71. The van der Waals surface area contributed by atoms with Crippen LogP contribution in [0.3, 0.4) is 0 Å². The van der Waals surface area contributed by atoms with Crippen molar-refractivity contribution in [3.05, 3.63) is 95.6 Å². The van der Waals surface area contributed by atoms with E-state index in [1.165, 1.54) is 19.1 Å². The van der Waals surface area contributed by atoms with Gasteiger partial charge < -0.3 is 10.1 Å². The normalized spacial score (nSPS) is 11.7. The average Bonchev–Trinajstić information content (AvgIpc) is 2.75. The second-order valence-corrected chi connectivity index (χ2v) is 6.86. The molecule has 0 aliphatic rings. The number of carbonyl (C=O) groups is 2. The third-order valence-corrected chi connectivity index (χ3v) is 4.59. The fourth-order valence-electron chi connectivity index (χ4n) is 3.13. The Hall–Kier alpha value is -3.58. The highest BCUT2D eigenvalue weighted by Crippen LogP contribution is 2.24. The highest BCUT2D eigenvalue weighted by atomic mass is 19.3. The van der Waals surface area contributed by atoms with Crippen molar-refractivity contribution in [3.63, 3.8) is 0 Å². The molecule has 0 unspecified atom stereocenters. The smallest absolute Gasteiger partial charge is 0.387 e. The van der Waals surface area contributed by atoms with E-state index >= 15 is 0 Å². The number of Topliss-reactive ketones (excluding diaryl/α,β-unsaturated/α-hetero) is 1. The number of anilines is 1. The Bertz CT molecular complexity index is 1020. The molecule has 3 aromatic carbocycles. The lowest BCUT2D eigenvalue weighted by atomic mass is 9.98. The van der Waals surface area contributed by atoms with Gasteiger partial charge in [-0.15, -0.1) is 0 Å². The maximum Gasteiger partial charge on any atom is 0.387 e. The fourth-order valence-corrected chi connectivity index (χ4v) is 3.13. The molecule has 0 fully saturated rings. The first-order valence-electron chi connectivity index (χ1n) is 9.66. The first kappa shape index (κ1) is 22.1. The molecule has 1 amide bonds. The van der Waals surface area contributed by atoms with Gasteiger partial charge in [-0.3, -0.25) is 14.9 Å². The van der Waals surface area contributed by atoms with Gasteiger partial charge in [0.1, 0.15) is 5.75 Å². The predicted octanol–water partition coefficient (Wildman–Crippen LogP) is 4.81. The van der Waals surface area contributed by atoms with E-state index in [4.69, 9.17) is 0 Å². The van der Waals surface area contributed by atoms with Crippen LogP contribution in [0.25, 0.3) is 0 Å². The largest absolute Gasteiger partial charge is 0.435 e. The van der Waals surface area contributed by atoms with Gasteiger partial charge in [-0.2, -0.15) is 8.78 Å². The number of hydrogen-bond acceptors (Lipinski definition) is 4. The molecule has 0 spiro atoms. The maximum atomic E-state index is 12.5. The van der Waals surface area contributed by atoms with Gasteiger partial charge in [0, 0.05) is 11.3 Å². The zero-order chi connectivity index (χ0) is 22.2. The standard InChI is InChI=1S/C24H22F2N2O3/c1-16(29)19-8-5-9-20(14-19)28-22(30)15-27-23(17-6-3-2-4-7-17)18-10-12-21(13-11-18)31-24(25)26/h2-14,23-24,27H,15H2,1H3,(H,28,30)/t23-/m1/s1. The number of hydrogen-bond donors (Lipinski definition) is 2. The van der Waals surface area contributed by atoms with Crippen molar-refractivity contribution in [2.45, 2.75) is 19.6 Å². The second kappa shape index (κ2) is 10.4. The number of benzene rings is 3. The molecule has 0 saturated carbocycles. The van der Waals surface area contributed by atoms with Gasteiger partial charge in [0.15, 0.2) is 5.78 Å². The lowest BCUT2D eigenvalue weighted by Gasteiger charge is -2.20. The van der Waals surface area contributed by atoms with E-state index in [1.807, 2.05) is 30.3 Å². The number of ether oxygens (including phenoxy) is 1. The Morgan fingerprint density at radius 2 is 1.58 bits per heavy atom. The van der Waals surface area contributed by atoms with Crippen LogP contribution >= 0.6 is 0 Å². The maximum absolute atomic E-state index is 12.5. The number of halogens is 2. The first-order valence-corrected chi connectivity index (χ1v) is 9.66. The number of ketones is 1. The molecule has 2 N–H and O–H groups in total. The van der Waals surface area contributed by atoms with Crippen LogP contribution in [0.4, 0.5) is 14.5 Å². The Kier molecular flexibility index (Phi) is 7.45. The average molecular weight is 424 g/mol. The molecule has 7 heteroatoms. The minimum Gasteiger partial charge on any atom is -0.435 e. The van der Waals surface area contributed by atoms with Crippen LogP contribution in [0.1, 0.15) is 34.5 Å². The van der Waals surface area contributed by atoms with Crippen LogP contribution in [0, 0.1) is 0 Å². The van der Waals surface area contributed by atoms with E-state index in [1.54, 1.807) is 36.4 Å². The van der Waals surface area contributed by atoms with Crippen LogP contribution in [-0.2, 0) is 4.79 Å². The van der Waals surface area contributed by atoms with Crippen molar-refractivity contribution in [1.82, 2.24) is 5.32 Å². The van der Waals surface area contributed by atoms with Crippen LogP contribution in [0.5, 0.6) is 5.75 Å². The number of nitrogens with one attached hydrogen (secondary N) is 2. The van der Waals surface area contributed by atoms with E-state index in [0.717, 1.165) is 11.1 Å². The van der Waals surface area contributed by atoms with Crippen molar-refractivity contribution in [1.29, 1.82) is 0 Å². The highest BCUT2D eigenvalue weighted by Gasteiger charge is 2.16. The van der Waals surface area contributed by atoms with E-state index < -0.39 is 6.61 Å². The number of amides is 1. The van der Waals surface area contributed by atoms with Crippen molar-refractivity contribution < 1.29 is 23.1 Å².